The van der Waals surface area contributed by atoms with Crippen molar-refractivity contribution >= 4 is 22.8 Å². The molecule has 3 aromatic heterocycles. The fourth-order valence-corrected chi connectivity index (χ4v) is 4.21. The van der Waals surface area contributed by atoms with Crippen LogP contribution in [-0.4, -0.2) is 39.6 Å². The van der Waals surface area contributed by atoms with E-state index >= 15 is 0 Å². The average molecular weight is 538 g/mol. The molecule has 0 aliphatic carbocycles. The molecule has 200 valence electrons. The Morgan fingerprint density at radius 2 is 1.72 bits per heavy atom. The number of rotatable bonds is 6. The summed E-state index contributed by atoms with van der Waals surface area (Å²) in [6, 6.07) is 11.9. The molecule has 0 saturated carbocycles. The normalized spacial score (nSPS) is 11.7. The molecule has 11 nitrogen and oxygen atoms in total. The number of aryl methyl sites for hydroxylation is 1. The molecule has 1 N–H and O–H groups in total. The first kappa shape index (κ1) is 25.6. The average Bonchev–Trinajstić information content (AvgIpc) is 3.54. The van der Waals surface area contributed by atoms with E-state index in [1.165, 1.54) is 52.4 Å². The van der Waals surface area contributed by atoms with Gasteiger partial charge in [0.05, 0.1) is 24.6 Å². The molecule has 14 heteroatoms. The third-order valence-electron chi connectivity index (χ3n) is 6.19. The summed E-state index contributed by atoms with van der Waals surface area (Å²) in [5.74, 6) is -0.424. The zero-order valence-corrected chi connectivity index (χ0v) is 20.7. The molecule has 5 aromatic rings. The first-order valence-electron chi connectivity index (χ1n) is 11.6. The summed E-state index contributed by atoms with van der Waals surface area (Å²) in [4.78, 5) is 41.4. The summed E-state index contributed by atoms with van der Waals surface area (Å²) in [6.45, 7) is -0.309. The quantitative estimate of drug-likeness (QED) is 0.354. The zero-order valence-electron chi connectivity index (χ0n) is 20.7. The highest BCUT2D eigenvalue weighted by atomic mass is 19.4. The van der Waals surface area contributed by atoms with E-state index in [4.69, 9.17) is 0 Å². The SMILES string of the molecule is Cn1c(=O)c2c(ncn2CC(=O)Nc2ccc(-c3cn(Cc4ccccc4C(F)(F)F)nn3)cc2)n(C)c1=O. The molecule has 3 heterocycles. The first-order chi connectivity index (χ1) is 18.5. The van der Waals surface area contributed by atoms with Crippen LogP contribution in [0.15, 0.2) is 70.6 Å². The number of carbonyl (C=O) groups excluding carboxylic acids is 1. The maximum atomic E-state index is 13.3. The topological polar surface area (TPSA) is 122 Å². The minimum Gasteiger partial charge on any atom is -0.325 e. The predicted octanol–water partition coefficient (Wildman–Crippen LogP) is 2.40. The second-order valence-electron chi connectivity index (χ2n) is 8.83. The number of fused-ring (bicyclic) bond motifs is 1. The van der Waals surface area contributed by atoms with Gasteiger partial charge in [-0.3, -0.25) is 18.7 Å². The molecule has 39 heavy (non-hydrogen) atoms. The summed E-state index contributed by atoms with van der Waals surface area (Å²) >= 11 is 0. The molecule has 0 saturated heterocycles. The molecule has 0 radical (unpaired) electrons. The smallest absolute Gasteiger partial charge is 0.325 e. The number of hydrogen-bond acceptors (Lipinski definition) is 6. The Morgan fingerprint density at radius 3 is 2.44 bits per heavy atom. The third kappa shape index (κ3) is 4.95. The Kier molecular flexibility index (Phi) is 6.38. The lowest BCUT2D eigenvalue weighted by Crippen LogP contribution is -2.37. The van der Waals surface area contributed by atoms with Gasteiger partial charge in [0, 0.05) is 25.3 Å². The number of halogens is 3. The Hall–Kier alpha value is -5.01. The number of benzene rings is 2. The van der Waals surface area contributed by atoms with E-state index in [0.717, 1.165) is 10.6 Å². The number of nitrogens with one attached hydrogen (secondary N) is 1. The van der Waals surface area contributed by atoms with Gasteiger partial charge in [0.2, 0.25) is 5.91 Å². The van der Waals surface area contributed by atoms with Crippen molar-refractivity contribution in [2.24, 2.45) is 14.1 Å². The number of alkyl halides is 3. The highest BCUT2D eigenvalue weighted by Gasteiger charge is 2.33. The Bertz CT molecular complexity index is 1810. The van der Waals surface area contributed by atoms with Gasteiger partial charge in [-0.25, -0.2) is 14.5 Å². The van der Waals surface area contributed by atoms with E-state index in [1.54, 1.807) is 30.5 Å². The van der Waals surface area contributed by atoms with E-state index < -0.39 is 28.9 Å². The van der Waals surface area contributed by atoms with Crippen molar-refractivity contribution in [3.63, 3.8) is 0 Å². The number of hydrogen-bond donors (Lipinski definition) is 1. The van der Waals surface area contributed by atoms with Gasteiger partial charge < -0.3 is 9.88 Å². The maximum Gasteiger partial charge on any atom is 0.416 e. The van der Waals surface area contributed by atoms with Crippen molar-refractivity contribution in [1.82, 2.24) is 33.7 Å². The van der Waals surface area contributed by atoms with Crippen molar-refractivity contribution in [1.29, 1.82) is 0 Å². The largest absolute Gasteiger partial charge is 0.416 e. The van der Waals surface area contributed by atoms with E-state index in [1.807, 2.05) is 0 Å². The predicted molar refractivity (Wildman–Crippen MR) is 135 cm³/mol. The number of aromatic nitrogens is 7. The van der Waals surface area contributed by atoms with Crippen LogP contribution in [0.3, 0.4) is 0 Å². The van der Waals surface area contributed by atoms with Crippen molar-refractivity contribution < 1.29 is 18.0 Å². The van der Waals surface area contributed by atoms with E-state index in [0.29, 0.717) is 16.9 Å². The molecule has 0 spiro atoms. The van der Waals surface area contributed by atoms with Crippen LogP contribution in [0.2, 0.25) is 0 Å². The summed E-state index contributed by atoms with van der Waals surface area (Å²) in [5.41, 5.74) is 0.143. The lowest BCUT2D eigenvalue weighted by Gasteiger charge is -2.12. The Labute approximate surface area is 217 Å². The number of imidazole rings is 1. The molecule has 0 unspecified atom stereocenters. The Morgan fingerprint density at radius 1 is 1.00 bits per heavy atom. The highest BCUT2D eigenvalue weighted by molar-refractivity contribution is 5.91. The van der Waals surface area contributed by atoms with E-state index in [-0.39, 0.29) is 29.8 Å². The van der Waals surface area contributed by atoms with Crippen molar-refractivity contribution in [2.45, 2.75) is 19.3 Å². The summed E-state index contributed by atoms with van der Waals surface area (Å²) in [7, 11) is 2.84. The third-order valence-corrected chi connectivity index (χ3v) is 6.19. The van der Waals surface area contributed by atoms with Crippen LogP contribution < -0.4 is 16.6 Å². The lowest BCUT2D eigenvalue weighted by molar-refractivity contribution is -0.138. The maximum absolute atomic E-state index is 13.3. The second-order valence-corrected chi connectivity index (χ2v) is 8.83. The minimum absolute atomic E-state index is 0.0743. The van der Waals surface area contributed by atoms with Gasteiger partial charge in [-0.1, -0.05) is 35.5 Å². The minimum atomic E-state index is -4.47. The summed E-state index contributed by atoms with van der Waals surface area (Å²) in [5, 5.41) is 10.7. The van der Waals surface area contributed by atoms with Crippen molar-refractivity contribution in [3.05, 3.63) is 93.0 Å². The first-order valence-corrected chi connectivity index (χ1v) is 11.6. The molecule has 1 amide bonds. The molecule has 0 aliphatic heterocycles. The van der Waals surface area contributed by atoms with Crippen LogP contribution in [0, 0.1) is 0 Å². The van der Waals surface area contributed by atoms with Crippen molar-refractivity contribution in [3.8, 4) is 11.3 Å². The molecule has 0 bridgehead atoms. The van der Waals surface area contributed by atoms with Crippen LogP contribution in [0.4, 0.5) is 18.9 Å². The Balaban J connectivity index is 1.28. The van der Waals surface area contributed by atoms with Crippen LogP contribution in [0.25, 0.3) is 22.4 Å². The summed E-state index contributed by atoms with van der Waals surface area (Å²) < 4.78 is 44.7. The van der Waals surface area contributed by atoms with Crippen LogP contribution in [0.5, 0.6) is 0 Å². The van der Waals surface area contributed by atoms with Gasteiger partial charge in [-0.2, -0.15) is 13.2 Å². The number of amides is 1. The van der Waals surface area contributed by atoms with Crippen LogP contribution in [0.1, 0.15) is 11.1 Å². The molecule has 2 aromatic carbocycles. The van der Waals surface area contributed by atoms with Gasteiger partial charge in [-0.15, -0.1) is 5.10 Å². The summed E-state index contributed by atoms with van der Waals surface area (Å²) in [6.07, 6.45) is -1.61. The van der Waals surface area contributed by atoms with Crippen LogP contribution in [-0.2, 0) is 38.2 Å². The molecular weight excluding hydrogens is 517 g/mol. The number of carbonyl (C=O) groups is 1. The zero-order chi connectivity index (χ0) is 27.9. The number of anilines is 1. The van der Waals surface area contributed by atoms with Crippen LogP contribution >= 0.6 is 0 Å². The van der Waals surface area contributed by atoms with Gasteiger partial charge in [0.25, 0.3) is 5.56 Å². The van der Waals surface area contributed by atoms with E-state index in [9.17, 15) is 27.6 Å². The van der Waals surface area contributed by atoms with Gasteiger partial charge in [-0.05, 0) is 23.8 Å². The molecule has 5 rings (SSSR count). The van der Waals surface area contributed by atoms with Gasteiger partial charge >= 0.3 is 11.9 Å². The van der Waals surface area contributed by atoms with Crippen molar-refractivity contribution in [2.75, 3.05) is 5.32 Å². The molecule has 0 atom stereocenters. The standard InChI is InChI=1S/C25H21F3N8O3/c1-33-22-21(23(38)34(2)24(33)39)35(14-29-22)13-20(37)30-17-9-7-15(8-10-17)19-12-36(32-31-19)11-16-5-3-4-6-18(16)25(26,27)28/h3-10,12,14H,11,13H2,1-2H3,(H,30,37). The molecule has 0 aliphatic rings. The fraction of sp³-hybridized carbons (Fsp3) is 0.200. The highest BCUT2D eigenvalue weighted by Crippen LogP contribution is 2.32. The molecule has 0 fully saturated rings. The second kappa shape index (κ2) is 9.70. The van der Waals surface area contributed by atoms with Gasteiger partial charge in [0.1, 0.15) is 12.2 Å². The fourth-order valence-electron chi connectivity index (χ4n) is 4.21. The van der Waals surface area contributed by atoms with Gasteiger partial charge in [0.15, 0.2) is 11.2 Å². The molecular formula is C25H21F3N8O3. The monoisotopic (exact) mass is 538 g/mol. The lowest BCUT2D eigenvalue weighted by atomic mass is 10.1. The van der Waals surface area contributed by atoms with E-state index in [2.05, 4.69) is 20.6 Å². The number of nitrogens with zero attached hydrogens (tertiary/aromatic N) is 7.